The fourth-order valence-corrected chi connectivity index (χ4v) is 17.8. The van der Waals surface area contributed by atoms with Crippen LogP contribution in [0.3, 0.4) is 0 Å². The van der Waals surface area contributed by atoms with E-state index in [9.17, 15) is 4.79 Å². The zero-order valence-electron chi connectivity index (χ0n) is 18.1. The standard InChI is InChI=1S/C12H13O2.3C4H9.Sn/c1-3-4-12(14)11-7-5-10(6-8-11)9(2)13;3*1-3-4-2;/h3,5-8,12H,1,4H2,2H3;3*1,3-4H2,2H3;/q-1;;;;+1. The monoisotopic (exact) mass is 480 g/mol. The molecule has 1 rings (SSSR count). The molecule has 1 aromatic carbocycles. The van der Waals surface area contributed by atoms with Crippen molar-refractivity contribution in [2.24, 2.45) is 0 Å². The number of carbonyl (C=O) groups is 1. The summed E-state index contributed by atoms with van der Waals surface area (Å²) < 4.78 is 11.1. The van der Waals surface area contributed by atoms with Gasteiger partial charge in [0.25, 0.3) is 0 Å². The third-order valence-corrected chi connectivity index (χ3v) is 18.5. The number of ketones is 1. The van der Waals surface area contributed by atoms with Gasteiger partial charge in [-0.1, -0.05) is 0 Å². The van der Waals surface area contributed by atoms with E-state index in [0.717, 1.165) is 12.0 Å². The number of Topliss-reactive ketones (excluding diaryl/α,β-unsaturated/α-hetero) is 1. The van der Waals surface area contributed by atoms with Crippen molar-refractivity contribution in [3.05, 3.63) is 48.0 Å². The summed E-state index contributed by atoms with van der Waals surface area (Å²) >= 11 is -2.69. The molecule has 152 valence electrons. The molecular weight excluding hydrogens is 439 g/mol. The molecule has 1 unspecified atom stereocenters. The summed E-state index contributed by atoms with van der Waals surface area (Å²) in [5.41, 5.74) is 1.97. The van der Waals surface area contributed by atoms with Gasteiger partial charge in [-0.05, 0) is 0 Å². The summed E-state index contributed by atoms with van der Waals surface area (Å²) in [6, 6.07) is 8.05. The van der Waals surface area contributed by atoms with Gasteiger partial charge in [0.2, 0.25) is 0 Å². The second kappa shape index (κ2) is 13.5. The van der Waals surface area contributed by atoms with Crippen molar-refractivity contribution in [2.45, 2.75) is 92.1 Å². The average molecular weight is 479 g/mol. The Balaban J connectivity index is 3.10. The van der Waals surface area contributed by atoms with Crippen molar-refractivity contribution in [3.63, 3.8) is 0 Å². The Kier molecular flexibility index (Phi) is 12.3. The Morgan fingerprint density at radius 2 is 1.48 bits per heavy atom. The van der Waals surface area contributed by atoms with Gasteiger partial charge in [-0.15, -0.1) is 0 Å². The molecule has 0 bridgehead atoms. The van der Waals surface area contributed by atoms with E-state index in [-0.39, 0.29) is 11.9 Å². The van der Waals surface area contributed by atoms with Crippen LogP contribution >= 0.6 is 0 Å². The van der Waals surface area contributed by atoms with Crippen LogP contribution in [0.25, 0.3) is 0 Å². The molecule has 0 N–H and O–H groups in total. The van der Waals surface area contributed by atoms with Crippen LogP contribution in [0.2, 0.25) is 13.3 Å². The molecule has 0 saturated carbocycles. The van der Waals surface area contributed by atoms with E-state index in [4.69, 9.17) is 3.07 Å². The van der Waals surface area contributed by atoms with E-state index in [0.29, 0.717) is 0 Å². The second-order valence-corrected chi connectivity index (χ2v) is 19.5. The third kappa shape index (κ3) is 8.51. The van der Waals surface area contributed by atoms with Crippen molar-refractivity contribution < 1.29 is 7.87 Å². The number of hydrogen-bond acceptors (Lipinski definition) is 2. The minimum atomic E-state index is -2.69. The molecule has 2 nitrogen and oxygen atoms in total. The van der Waals surface area contributed by atoms with E-state index in [1.165, 1.54) is 57.4 Å². The first-order chi connectivity index (χ1) is 13.0. The van der Waals surface area contributed by atoms with E-state index >= 15 is 0 Å². The SMILES string of the molecule is C=CCC([O][Sn]([CH2]CCC)([CH2]CCC)[CH2]CCC)c1ccc(C(C)=O)cc1. The number of unbranched alkanes of at least 4 members (excludes halogenated alkanes) is 3. The summed E-state index contributed by atoms with van der Waals surface area (Å²) in [7, 11) is 0. The van der Waals surface area contributed by atoms with Gasteiger partial charge >= 0.3 is 173 Å². The van der Waals surface area contributed by atoms with Crippen molar-refractivity contribution in [3.8, 4) is 0 Å². The minimum absolute atomic E-state index is 0.102. The summed E-state index contributed by atoms with van der Waals surface area (Å²) in [5.74, 6) is 0.116. The number of rotatable bonds is 15. The van der Waals surface area contributed by atoms with Crippen LogP contribution < -0.4 is 0 Å². The Morgan fingerprint density at radius 1 is 1.00 bits per heavy atom. The molecule has 3 heteroatoms. The normalized spacial score (nSPS) is 12.7. The Bertz CT molecular complexity index is 528. The van der Waals surface area contributed by atoms with Crippen molar-refractivity contribution in [2.75, 3.05) is 0 Å². The zero-order chi connectivity index (χ0) is 20.1. The maximum atomic E-state index is 11.6. The Hall–Kier alpha value is -0.611. The van der Waals surface area contributed by atoms with Gasteiger partial charge in [0.15, 0.2) is 0 Å². The van der Waals surface area contributed by atoms with E-state index in [1.807, 2.05) is 18.2 Å². The summed E-state index contributed by atoms with van der Waals surface area (Å²) in [6.07, 6.45) is 10.6. The molecule has 0 heterocycles. The van der Waals surface area contributed by atoms with Crippen LogP contribution in [0.5, 0.6) is 0 Å². The molecule has 0 aliphatic heterocycles. The van der Waals surface area contributed by atoms with Crippen LogP contribution in [0.15, 0.2) is 36.9 Å². The first kappa shape index (κ1) is 24.4. The van der Waals surface area contributed by atoms with Crippen molar-refractivity contribution in [1.29, 1.82) is 0 Å². The summed E-state index contributed by atoms with van der Waals surface area (Å²) in [5, 5.41) is 0. The van der Waals surface area contributed by atoms with E-state index in [2.05, 4.69) is 39.5 Å². The summed E-state index contributed by atoms with van der Waals surface area (Å²) in [6.45, 7) is 12.5. The van der Waals surface area contributed by atoms with Gasteiger partial charge in [-0.25, -0.2) is 0 Å². The Morgan fingerprint density at radius 3 is 1.85 bits per heavy atom. The Labute approximate surface area is 172 Å². The van der Waals surface area contributed by atoms with Gasteiger partial charge in [0.1, 0.15) is 0 Å². The van der Waals surface area contributed by atoms with E-state index in [1.54, 1.807) is 6.92 Å². The third-order valence-electron chi connectivity index (χ3n) is 5.42. The van der Waals surface area contributed by atoms with Gasteiger partial charge < -0.3 is 0 Å². The van der Waals surface area contributed by atoms with Crippen LogP contribution in [0.1, 0.15) is 94.7 Å². The number of carbonyl (C=O) groups excluding carboxylic acids is 1. The first-order valence-corrected chi connectivity index (χ1v) is 18.1. The molecule has 0 fully saturated rings. The molecule has 1 atom stereocenters. The summed E-state index contributed by atoms with van der Waals surface area (Å²) in [4.78, 5) is 11.6. The van der Waals surface area contributed by atoms with Crippen molar-refractivity contribution in [1.82, 2.24) is 0 Å². The van der Waals surface area contributed by atoms with Crippen LogP contribution in [0.4, 0.5) is 0 Å². The quantitative estimate of drug-likeness (QED) is 0.145. The van der Waals surface area contributed by atoms with Gasteiger partial charge in [-0.3, -0.25) is 0 Å². The topological polar surface area (TPSA) is 26.3 Å². The van der Waals surface area contributed by atoms with Crippen LogP contribution in [-0.2, 0) is 3.07 Å². The molecule has 0 radical (unpaired) electrons. The molecule has 1 aromatic rings. The van der Waals surface area contributed by atoms with E-state index < -0.39 is 18.8 Å². The maximum absolute atomic E-state index is 11.6. The van der Waals surface area contributed by atoms with Gasteiger partial charge in [-0.2, -0.15) is 0 Å². The number of hydrogen-bond donors (Lipinski definition) is 0. The second-order valence-electron chi connectivity index (χ2n) is 7.80. The molecule has 27 heavy (non-hydrogen) atoms. The molecule has 0 saturated heterocycles. The molecule has 0 aromatic heterocycles. The first-order valence-electron chi connectivity index (χ1n) is 10.9. The van der Waals surface area contributed by atoms with Crippen LogP contribution in [0, 0.1) is 0 Å². The van der Waals surface area contributed by atoms with Crippen LogP contribution in [-0.4, -0.2) is 24.6 Å². The molecule has 0 amide bonds. The van der Waals surface area contributed by atoms with Gasteiger partial charge in [0.05, 0.1) is 0 Å². The predicted octanol–water partition coefficient (Wildman–Crippen LogP) is 7.87. The molecule has 0 spiro atoms. The molecular formula is C24H40O2Sn. The fourth-order valence-electron chi connectivity index (χ4n) is 3.69. The zero-order valence-corrected chi connectivity index (χ0v) is 20.9. The fraction of sp³-hybridized carbons (Fsp3) is 0.625. The van der Waals surface area contributed by atoms with Crippen molar-refractivity contribution >= 4 is 24.6 Å². The van der Waals surface area contributed by atoms with Gasteiger partial charge in [0, 0.05) is 0 Å². The molecule has 0 aliphatic rings. The predicted molar refractivity (Wildman–Crippen MR) is 120 cm³/mol. The average Bonchev–Trinajstić information content (AvgIpc) is 2.68. The number of benzene rings is 1. The molecule has 0 aliphatic carbocycles.